The van der Waals surface area contributed by atoms with Gasteiger partial charge < -0.3 is 5.32 Å². The first-order valence-corrected chi connectivity index (χ1v) is 8.15. The van der Waals surface area contributed by atoms with Gasteiger partial charge in [-0.3, -0.25) is 0 Å². The second-order valence-corrected chi connectivity index (χ2v) is 6.44. The van der Waals surface area contributed by atoms with E-state index in [4.69, 9.17) is 0 Å². The van der Waals surface area contributed by atoms with Gasteiger partial charge in [0.15, 0.2) is 0 Å². The van der Waals surface area contributed by atoms with Crippen molar-refractivity contribution < 1.29 is 4.39 Å². The molecule has 0 saturated heterocycles. The van der Waals surface area contributed by atoms with Gasteiger partial charge in [0.1, 0.15) is 5.82 Å². The minimum atomic E-state index is -0.132. The molecule has 1 N–H and O–H groups in total. The number of benzene rings is 1. The molecule has 1 nitrogen and oxygen atoms in total. The number of halogens is 1. The van der Waals surface area contributed by atoms with Crippen molar-refractivity contribution in [1.82, 2.24) is 5.32 Å². The van der Waals surface area contributed by atoms with Gasteiger partial charge in [-0.25, -0.2) is 4.39 Å². The molecule has 1 saturated carbocycles. The van der Waals surface area contributed by atoms with Crippen molar-refractivity contribution in [2.75, 3.05) is 6.54 Å². The Kier molecular flexibility index (Phi) is 6.03. The van der Waals surface area contributed by atoms with Crippen LogP contribution in [-0.2, 0) is 6.42 Å². The summed E-state index contributed by atoms with van der Waals surface area (Å²) in [5.74, 6) is 1.68. The lowest BCUT2D eigenvalue weighted by Crippen LogP contribution is -2.34. The highest BCUT2D eigenvalue weighted by atomic mass is 19.1. The van der Waals surface area contributed by atoms with E-state index in [0.717, 1.165) is 30.4 Å². The Labute approximate surface area is 123 Å². The van der Waals surface area contributed by atoms with E-state index in [9.17, 15) is 4.39 Å². The Morgan fingerprint density at radius 3 is 2.55 bits per heavy atom. The maximum atomic E-state index is 13.1. The lowest BCUT2D eigenvalue weighted by molar-refractivity contribution is 0.257. The van der Waals surface area contributed by atoms with Crippen LogP contribution in [0.4, 0.5) is 4.39 Å². The van der Waals surface area contributed by atoms with Gasteiger partial charge in [0.25, 0.3) is 0 Å². The highest BCUT2D eigenvalue weighted by Gasteiger charge is 2.20. The summed E-state index contributed by atoms with van der Waals surface area (Å²) in [6.45, 7) is 5.62. The second-order valence-electron chi connectivity index (χ2n) is 6.44. The van der Waals surface area contributed by atoms with Crippen molar-refractivity contribution in [1.29, 1.82) is 0 Å². The normalized spacial score (nSPS) is 24.6. The Hall–Kier alpha value is -0.890. The van der Waals surface area contributed by atoms with Gasteiger partial charge in [-0.05, 0) is 62.3 Å². The molecule has 1 fully saturated rings. The standard InChI is InChI=1S/C18H28FN/c1-3-15-7-9-16(10-8-15)13-20-14(2)11-17-5-4-6-18(19)12-17/h4-6,12,14-16,20H,3,7-11,13H2,1-2H3. The fraction of sp³-hybridized carbons (Fsp3) is 0.667. The minimum absolute atomic E-state index is 0.132. The predicted octanol–water partition coefficient (Wildman–Crippen LogP) is 4.56. The summed E-state index contributed by atoms with van der Waals surface area (Å²) in [7, 11) is 0. The molecule has 1 unspecified atom stereocenters. The topological polar surface area (TPSA) is 12.0 Å². The van der Waals surface area contributed by atoms with Gasteiger partial charge in [0.05, 0.1) is 0 Å². The molecular weight excluding hydrogens is 249 g/mol. The zero-order valence-electron chi connectivity index (χ0n) is 12.9. The van der Waals surface area contributed by atoms with Crippen molar-refractivity contribution in [3.63, 3.8) is 0 Å². The Bertz CT molecular complexity index is 396. The molecule has 0 amide bonds. The first-order chi connectivity index (χ1) is 9.67. The van der Waals surface area contributed by atoms with Gasteiger partial charge in [-0.1, -0.05) is 38.3 Å². The van der Waals surface area contributed by atoms with Crippen molar-refractivity contribution in [3.8, 4) is 0 Å². The molecule has 0 aromatic heterocycles. The van der Waals surface area contributed by atoms with Crippen LogP contribution in [0.3, 0.4) is 0 Å². The third kappa shape index (κ3) is 4.90. The van der Waals surface area contributed by atoms with E-state index in [1.165, 1.54) is 38.2 Å². The number of rotatable bonds is 6. The van der Waals surface area contributed by atoms with Crippen LogP contribution in [0.2, 0.25) is 0 Å². The molecule has 1 aromatic carbocycles. The summed E-state index contributed by atoms with van der Waals surface area (Å²) in [6, 6.07) is 7.37. The molecule has 112 valence electrons. The van der Waals surface area contributed by atoms with Crippen LogP contribution in [-0.4, -0.2) is 12.6 Å². The fourth-order valence-corrected chi connectivity index (χ4v) is 3.30. The van der Waals surface area contributed by atoms with E-state index in [0.29, 0.717) is 6.04 Å². The summed E-state index contributed by atoms with van der Waals surface area (Å²) >= 11 is 0. The van der Waals surface area contributed by atoms with Gasteiger partial charge in [0, 0.05) is 6.04 Å². The van der Waals surface area contributed by atoms with Crippen LogP contribution in [0.5, 0.6) is 0 Å². The van der Waals surface area contributed by atoms with Crippen LogP contribution in [0.1, 0.15) is 51.5 Å². The maximum Gasteiger partial charge on any atom is 0.123 e. The van der Waals surface area contributed by atoms with E-state index in [1.807, 2.05) is 6.07 Å². The smallest absolute Gasteiger partial charge is 0.123 e. The lowest BCUT2D eigenvalue weighted by Gasteiger charge is -2.29. The molecule has 0 radical (unpaired) electrons. The SMILES string of the molecule is CCC1CCC(CNC(C)Cc2cccc(F)c2)CC1. The average molecular weight is 277 g/mol. The first-order valence-electron chi connectivity index (χ1n) is 8.15. The molecule has 20 heavy (non-hydrogen) atoms. The molecule has 1 aliphatic rings. The Morgan fingerprint density at radius 1 is 1.20 bits per heavy atom. The molecule has 1 aromatic rings. The van der Waals surface area contributed by atoms with Gasteiger partial charge in [0.2, 0.25) is 0 Å². The van der Waals surface area contributed by atoms with Crippen LogP contribution in [0.25, 0.3) is 0 Å². The molecule has 0 bridgehead atoms. The summed E-state index contributed by atoms with van der Waals surface area (Å²) in [5.41, 5.74) is 1.08. The zero-order valence-corrected chi connectivity index (χ0v) is 12.9. The number of nitrogens with one attached hydrogen (secondary N) is 1. The van der Waals surface area contributed by atoms with E-state index < -0.39 is 0 Å². The molecule has 0 spiro atoms. The molecule has 0 heterocycles. The minimum Gasteiger partial charge on any atom is -0.314 e. The third-order valence-corrected chi connectivity index (χ3v) is 4.73. The first kappa shape index (κ1) is 15.5. The van der Waals surface area contributed by atoms with Crippen molar-refractivity contribution in [3.05, 3.63) is 35.6 Å². The fourth-order valence-electron chi connectivity index (χ4n) is 3.30. The molecule has 0 aliphatic heterocycles. The summed E-state index contributed by atoms with van der Waals surface area (Å²) < 4.78 is 13.1. The summed E-state index contributed by atoms with van der Waals surface area (Å²) in [6.07, 6.45) is 7.80. The maximum absolute atomic E-state index is 13.1. The molecule has 2 rings (SSSR count). The van der Waals surface area contributed by atoms with Gasteiger partial charge in [-0.2, -0.15) is 0 Å². The molecule has 1 aliphatic carbocycles. The Balaban J connectivity index is 1.69. The largest absolute Gasteiger partial charge is 0.314 e. The highest BCUT2D eigenvalue weighted by molar-refractivity contribution is 5.17. The lowest BCUT2D eigenvalue weighted by atomic mass is 9.81. The molecule has 1 atom stereocenters. The second kappa shape index (κ2) is 7.78. The van der Waals surface area contributed by atoms with E-state index in [-0.39, 0.29) is 5.82 Å². The quantitative estimate of drug-likeness (QED) is 0.803. The van der Waals surface area contributed by atoms with Gasteiger partial charge in [-0.15, -0.1) is 0 Å². The van der Waals surface area contributed by atoms with Crippen molar-refractivity contribution in [2.45, 2.75) is 58.4 Å². The van der Waals surface area contributed by atoms with Crippen LogP contribution >= 0.6 is 0 Å². The van der Waals surface area contributed by atoms with Gasteiger partial charge >= 0.3 is 0 Å². The third-order valence-electron chi connectivity index (χ3n) is 4.73. The van der Waals surface area contributed by atoms with Crippen LogP contribution in [0, 0.1) is 17.7 Å². The highest BCUT2D eigenvalue weighted by Crippen LogP contribution is 2.30. The predicted molar refractivity (Wildman–Crippen MR) is 83.3 cm³/mol. The zero-order chi connectivity index (χ0) is 14.4. The van der Waals surface area contributed by atoms with Crippen LogP contribution in [0.15, 0.2) is 24.3 Å². The van der Waals surface area contributed by atoms with Crippen LogP contribution < -0.4 is 5.32 Å². The van der Waals surface area contributed by atoms with Crippen molar-refractivity contribution >= 4 is 0 Å². The Morgan fingerprint density at radius 2 is 1.90 bits per heavy atom. The monoisotopic (exact) mass is 277 g/mol. The van der Waals surface area contributed by atoms with E-state index >= 15 is 0 Å². The van der Waals surface area contributed by atoms with E-state index in [2.05, 4.69) is 19.2 Å². The average Bonchev–Trinajstić information content (AvgIpc) is 2.46. The van der Waals surface area contributed by atoms with Crippen molar-refractivity contribution in [2.24, 2.45) is 11.8 Å². The molecular formula is C18H28FN. The number of hydrogen-bond donors (Lipinski definition) is 1. The summed E-state index contributed by atoms with van der Waals surface area (Å²) in [4.78, 5) is 0. The summed E-state index contributed by atoms with van der Waals surface area (Å²) in [5, 5.41) is 3.63. The molecule has 2 heteroatoms. The van der Waals surface area contributed by atoms with E-state index in [1.54, 1.807) is 12.1 Å². The number of hydrogen-bond acceptors (Lipinski definition) is 1.